The summed E-state index contributed by atoms with van der Waals surface area (Å²) in [4.78, 5) is 12.2. The monoisotopic (exact) mass is 292 g/mol. The van der Waals surface area contributed by atoms with Crippen LogP contribution < -0.4 is 11.1 Å². The summed E-state index contributed by atoms with van der Waals surface area (Å²) in [6, 6.07) is 0.267. The first-order chi connectivity index (χ1) is 10.2. The fourth-order valence-electron chi connectivity index (χ4n) is 3.15. The van der Waals surface area contributed by atoms with Crippen LogP contribution in [0.5, 0.6) is 0 Å². The van der Waals surface area contributed by atoms with Crippen molar-refractivity contribution in [1.82, 2.24) is 9.78 Å². The second-order valence-electron chi connectivity index (χ2n) is 6.19. The van der Waals surface area contributed by atoms with Crippen LogP contribution in [0.1, 0.15) is 38.5 Å². The van der Waals surface area contributed by atoms with Gasteiger partial charge in [-0.05, 0) is 38.5 Å². The molecule has 0 aromatic carbocycles. The first-order valence-electron chi connectivity index (χ1n) is 7.91. The Morgan fingerprint density at radius 3 is 2.90 bits per heavy atom. The number of carbonyl (C=O) groups excluding carboxylic acids is 1. The van der Waals surface area contributed by atoms with Crippen molar-refractivity contribution in [3.8, 4) is 0 Å². The highest BCUT2D eigenvalue weighted by molar-refractivity contribution is 5.92. The van der Waals surface area contributed by atoms with E-state index in [4.69, 9.17) is 10.5 Å². The molecule has 1 atom stereocenters. The van der Waals surface area contributed by atoms with Gasteiger partial charge in [0.2, 0.25) is 5.91 Å². The highest BCUT2D eigenvalue weighted by Gasteiger charge is 2.25. The van der Waals surface area contributed by atoms with Gasteiger partial charge in [-0.1, -0.05) is 0 Å². The second-order valence-corrected chi connectivity index (χ2v) is 6.19. The lowest BCUT2D eigenvalue weighted by atomic mass is 9.86. The van der Waals surface area contributed by atoms with Crippen LogP contribution in [0.2, 0.25) is 0 Å². The summed E-state index contributed by atoms with van der Waals surface area (Å²) in [5.41, 5.74) is 6.65. The molecule has 1 saturated carbocycles. The molecule has 6 heteroatoms. The van der Waals surface area contributed by atoms with E-state index >= 15 is 0 Å². The Balaban J connectivity index is 1.50. The molecule has 0 radical (unpaired) electrons. The standard InChI is InChI=1S/C15H24N4O2/c16-12-5-3-11(4-6-12)15(20)18-13-8-17-19(9-13)10-14-2-1-7-21-14/h8-9,11-12,14H,1-7,10,16H2,(H,18,20). The molecule has 1 amide bonds. The number of anilines is 1. The van der Waals surface area contributed by atoms with Crippen molar-refractivity contribution < 1.29 is 9.53 Å². The third kappa shape index (κ3) is 3.83. The molecule has 6 nitrogen and oxygen atoms in total. The van der Waals surface area contributed by atoms with E-state index < -0.39 is 0 Å². The van der Waals surface area contributed by atoms with Crippen molar-refractivity contribution in [2.75, 3.05) is 11.9 Å². The Kier molecular flexibility index (Phi) is 4.55. The zero-order valence-electron chi connectivity index (χ0n) is 12.3. The number of rotatable bonds is 4. The molecule has 1 saturated heterocycles. The van der Waals surface area contributed by atoms with Crippen LogP contribution in [0.4, 0.5) is 5.69 Å². The number of ether oxygens (including phenoxy) is 1. The van der Waals surface area contributed by atoms with E-state index in [2.05, 4.69) is 10.4 Å². The Morgan fingerprint density at radius 2 is 2.19 bits per heavy atom. The van der Waals surface area contributed by atoms with Gasteiger partial charge in [0, 0.05) is 24.8 Å². The van der Waals surface area contributed by atoms with Gasteiger partial charge in [0.25, 0.3) is 0 Å². The maximum absolute atomic E-state index is 12.2. The molecule has 116 valence electrons. The quantitative estimate of drug-likeness (QED) is 0.881. The van der Waals surface area contributed by atoms with Crippen LogP contribution in [0, 0.1) is 5.92 Å². The number of hydrogen-bond donors (Lipinski definition) is 2. The number of hydrogen-bond acceptors (Lipinski definition) is 4. The van der Waals surface area contributed by atoms with Gasteiger partial charge in [-0.2, -0.15) is 5.10 Å². The minimum atomic E-state index is 0.0892. The van der Waals surface area contributed by atoms with Crippen molar-refractivity contribution in [3.63, 3.8) is 0 Å². The fraction of sp³-hybridized carbons (Fsp3) is 0.733. The number of aromatic nitrogens is 2. The predicted molar refractivity (Wildman–Crippen MR) is 79.8 cm³/mol. The predicted octanol–water partition coefficient (Wildman–Crippen LogP) is 1.52. The van der Waals surface area contributed by atoms with Crippen LogP contribution in [0.25, 0.3) is 0 Å². The van der Waals surface area contributed by atoms with Gasteiger partial charge in [0.05, 0.1) is 24.5 Å². The molecule has 1 aliphatic heterocycles. The van der Waals surface area contributed by atoms with Gasteiger partial charge in [-0.25, -0.2) is 0 Å². The van der Waals surface area contributed by atoms with Crippen LogP contribution >= 0.6 is 0 Å². The van der Waals surface area contributed by atoms with E-state index in [1.165, 1.54) is 0 Å². The molecule has 0 bridgehead atoms. The molecule has 1 aromatic rings. The third-order valence-electron chi connectivity index (χ3n) is 4.46. The molecular formula is C15H24N4O2. The van der Waals surface area contributed by atoms with Gasteiger partial charge in [0.15, 0.2) is 0 Å². The van der Waals surface area contributed by atoms with Crippen LogP contribution in [-0.2, 0) is 16.1 Å². The molecule has 3 rings (SSSR count). The zero-order valence-corrected chi connectivity index (χ0v) is 12.3. The van der Waals surface area contributed by atoms with E-state index in [0.29, 0.717) is 0 Å². The number of nitrogens with zero attached hydrogens (tertiary/aromatic N) is 2. The molecule has 1 unspecified atom stereocenters. The molecule has 21 heavy (non-hydrogen) atoms. The van der Waals surface area contributed by atoms with Gasteiger partial charge < -0.3 is 15.8 Å². The lowest BCUT2D eigenvalue weighted by Crippen LogP contribution is -2.32. The zero-order chi connectivity index (χ0) is 14.7. The summed E-state index contributed by atoms with van der Waals surface area (Å²) in [7, 11) is 0. The Labute approximate surface area is 125 Å². The van der Waals surface area contributed by atoms with Gasteiger partial charge in [-0.15, -0.1) is 0 Å². The van der Waals surface area contributed by atoms with Crippen molar-refractivity contribution >= 4 is 11.6 Å². The molecule has 0 spiro atoms. The van der Waals surface area contributed by atoms with E-state index in [1.807, 2.05) is 10.9 Å². The molecule has 2 fully saturated rings. The lowest BCUT2D eigenvalue weighted by molar-refractivity contribution is -0.120. The molecule has 2 aliphatic rings. The second kappa shape index (κ2) is 6.58. The topological polar surface area (TPSA) is 82.2 Å². The summed E-state index contributed by atoms with van der Waals surface area (Å²) in [6.45, 7) is 1.60. The number of amides is 1. The van der Waals surface area contributed by atoms with E-state index in [1.54, 1.807) is 6.20 Å². The first kappa shape index (κ1) is 14.5. The smallest absolute Gasteiger partial charge is 0.227 e. The molecule has 1 aromatic heterocycles. The molecule has 3 N–H and O–H groups in total. The van der Waals surface area contributed by atoms with Gasteiger partial charge in [-0.3, -0.25) is 9.48 Å². The Hall–Kier alpha value is -1.40. The van der Waals surface area contributed by atoms with E-state index in [-0.39, 0.29) is 24.0 Å². The first-order valence-corrected chi connectivity index (χ1v) is 7.91. The minimum absolute atomic E-state index is 0.0892. The number of carbonyl (C=O) groups is 1. The highest BCUT2D eigenvalue weighted by atomic mass is 16.5. The average molecular weight is 292 g/mol. The van der Waals surface area contributed by atoms with E-state index in [0.717, 1.165) is 57.4 Å². The van der Waals surface area contributed by atoms with Crippen molar-refractivity contribution in [1.29, 1.82) is 0 Å². The summed E-state index contributed by atoms with van der Waals surface area (Å²) in [5.74, 6) is 0.185. The highest BCUT2D eigenvalue weighted by Crippen LogP contribution is 2.24. The summed E-state index contributed by atoms with van der Waals surface area (Å²) < 4.78 is 7.44. The maximum atomic E-state index is 12.2. The van der Waals surface area contributed by atoms with E-state index in [9.17, 15) is 4.79 Å². The molecule has 1 aliphatic carbocycles. The molecular weight excluding hydrogens is 268 g/mol. The average Bonchev–Trinajstić information content (AvgIpc) is 3.12. The Bertz CT molecular complexity index is 474. The third-order valence-corrected chi connectivity index (χ3v) is 4.46. The van der Waals surface area contributed by atoms with Crippen molar-refractivity contribution in [3.05, 3.63) is 12.4 Å². The number of nitrogens with two attached hydrogens (primary N) is 1. The van der Waals surface area contributed by atoms with Crippen molar-refractivity contribution in [2.24, 2.45) is 11.7 Å². The van der Waals surface area contributed by atoms with Gasteiger partial charge in [0.1, 0.15) is 0 Å². The van der Waals surface area contributed by atoms with Crippen LogP contribution in [0.3, 0.4) is 0 Å². The van der Waals surface area contributed by atoms with Crippen LogP contribution in [-0.4, -0.2) is 34.4 Å². The lowest BCUT2D eigenvalue weighted by Gasteiger charge is -2.24. The largest absolute Gasteiger partial charge is 0.376 e. The minimum Gasteiger partial charge on any atom is -0.376 e. The number of nitrogens with one attached hydrogen (secondary N) is 1. The molecule has 2 heterocycles. The maximum Gasteiger partial charge on any atom is 0.227 e. The summed E-state index contributed by atoms with van der Waals surface area (Å²) in [6.07, 6.45) is 9.72. The Morgan fingerprint density at radius 1 is 1.38 bits per heavy atom. The summed E-state index contributed by atoms with van der Waals surface area (Å²) in [5, 5.41) is 7.26. The normalized spacial score (nSPS) is 29.5. The van der Waals surface area contributed by atoms with Crippen LogP contribution in [0.15, 0.2) is 12.4 Å². The van der Waals surface area contributed by atoms with Crippen molar-refractivity contribution in [2.45, 2.75) is 57.2 Å². The van der Waals surface area contributed by atoms with Gasteiger partial charge >= 0.3 is 0 Å². The summed E-state index contributed by atoms with van der Waals surface area (Å²) >= 11 is 0. The SMILES string of the molecule is NC1CCC(C(=O)Nc2cnn(CC3CCCO3)c2)CC1. The fourth-order valence-corrected chi connectivity index (χ4v) is 3.15.